The zero-order valence-electron chi connectivity index (χ0n) is 16.0. The van der Waals surface area contributed by atoms with Gasteiger partial charge >= 0.3 is 6.18 Å². The van der Waals surface area contributed by atoms with Crippen LogP contribution in [0, 0.1) is 5.92 Å². The number of piperidine rings is 1. The van der Waals surface area contributed by atoms with E-state index in [4.69, 9.17) is 0 Å². The fourth-order valence-corrected chi connectivity index (χ4v) is 3.60. The number of carbonyl (C=O) groups is 1. The molecule has 0 aromatic rings. The summed E-state index contributed by atoms with van der Waals surface area (Å²) in [5.41, 5.74) is 0. The predicted molar refractivity (Wildman–Crippen MR) is 110 cm³/mol. The first kappa shape index (κ1) is 24.3. The molecule has 2 fully saturated rings. The summed E-state index contributed by atoms with van der Waals surface area (Å²) in [6.07, 6.45) is -0.911. The van der Waals surface area contributed by atoms with Gasteiger partial charge in [0.25, 0.3) is 0 Å². The molecule has 10 heteroatoms. The standard InChI is InChI=1S/C17H30F3N5O.HI/c1-13-4-3-8-25(10-13)15(26)5-7-22-16(21-2)23-14-6-9-24(11-14)12-17(18,19)20;/h13-14H,3-12H2,1-2H3,(H2,21,22,23);1H. The number of likely N-dealkylation sites (tertiary alicyclic amines) is 2. The summed E-state index contributed by atoms with van der Waals surface area (Å²) in [6.45, 7) is 4.15. The quantitative estimate of drug-likeness (QED) is 0.341. The van der Waals surface area contributed by atoms with Gasteiger partial charge in [0.1, 0.15) is 0 Å². The fraction of sp³-hybridized carbons (Fsp3) is 0.882. The molecule has 2 atom stereocenters. The van der Waals surface area contributed by atoms with Crippen molar-refractivity contribution in [2.75, 3.05) is 46.3 Å². The minimum Gasteiger partial charge on any atom is -0.356 e. The maximum atomic E-state index is 12.4. The van der Waals surface area contributed by atoms with Gasteiger partial charge < -0.3 is 15.5 Å². The average Bonchev–Trinajstić information content (AvgIpc) is 2.98. The molecule has 158 valence electrons. The van der Waals surface area contributed by atoms with Crippen LogP contribution < -0.4 is 10.6 Å². The van der Waals surface area contributed by atoms with Gasteiger partial charge in [-0.05, 0) is 25.2 Å². The smallest absolute Gasteiger partial charge is 0.356 e. The SMILES string of the molecule is CN=C(NCCC(=O)N1CCCC(C)C1)NC1CCN(CC(F)(F)F)C1.I. The Morgan fingerprint density at radius 1 is 1.22 bits per heavy atom. The molecule has 2 saturated heterocycles. The topological polar surface area (TPSA) is 60.0 Å². The summed E-state index contributed by atoms with van der Waals surface area (Å²) in [5, 5.41) is 6.24. The zero-order valence-corrected chi connectivity index (χ0v) is 18.3. The summed E-state index contributed by atoms with van der Waals surface area (Å²) in [7, 11) is 1.62. The highest BCUT2D eigenvalue weighted by Gasteiger charge is 2.34. The average molecular weight is 505 g/mol. The summed E-state index contributed by atoms with van der Waals surface area (Å²) in [5.74, 6) is 1.22. The highest BCUT2D eigenvalue weighted by atomic mass is 127. The van der Waals surface area contributed by atoms with Crippen molar-refractivity contribution in [3.63, 3.8) is 0 Å². The number of guanidine groups is 1. The Kier molecular flexibility index (Phi) is 10.1. The maximum Gasteiger partial charge on any atom is 0.401 e. The van der Waals surface area contributed by atoms with E-state index < -0.39 is 12.7 Å². The Morgan fingerprint density at radius 3 is 2.59 bits per heavy atom. The van der Waals surface area contributed by atoms with Crippen LogP contribution in [0.2, 0.25) is 0 Å². The van der Waals surface area contributed by atoms with Crippen molar-refractivity contribution in [3.8, 4) is 0 Å². The van der Waals surface area contributed by atoms with Crippen LogP contribution in [-0.2, 0) is 4.79 Å². The lowest BCUT2D eigenvalue weighted by Crippen LogP contribution is -2.46. The van der Waals surface area contributed by atoms with Crippen molar-refractivity contribution in [2.24, 2.45) is 10.9 Å². The summed E-state index contributed by atoms with van der Waals surface area (Å²) in [6, 6.07) is -0.0674. The predicted octanol–water partition coefficient (Wildman–Crippen LogP) is 2.05. The summed E-state index contributed by atoms with van der Waals surface area (Å²) < 4.78 is 37.3. The highest BCUT2D eigenvalue weighted by molar-refractivity contribution is 14.0. The number of hydrogen-bond acceptors (Lipinski definition) is 3. The summed E-state index contributed by atoms with van der Waals surface area (Å²) in [4.78, 5) is 19.7. The van der Waals surface area contributed by atoms with E-state index in [9.17, 15) is 18.0 Å². The second kappa shape index (κ2) is 11.3. The molecule has 6 nitrogen and oxygen atoms in total. The molecular weight excluding hydrogens is 474 g/mol. The van der Waals surface area contributed by atoms with Crippen LogP contribution in [0.15, 0.2) is 4.99 Å². The minimum atomic E-state index is -4.17. The van der Waals surface area contributed by atoms with Gasteiger partial charge in [-0.2, -0.15) is 13.2 Å². The molecule has 0 bridgehead atoms. The third-order valence-corrected chi connectivity index (χ3v) is 4.88. The lowest BCUT2D eigenvalue weighted by Gasteiger charge is -2.31. The molecular formula is C17H31F3IN5O. The van der Waals surface area contributed by atoms with Crippen LogP contribution in [0.3, 0.4) is 0 Å². The van der Waals surface area contributed by atoms with E-state index in [0.29, 0.717) is 44.4 Å². The van der Waals surface area contributed by atoms with Crippen LogP contribution in [0.1, 0.15) is 32.6 Å². The van der Waals surface area contributed by atoms with Crippen LogP contribution in [0.25, 0.3) is 0 Å². The summed E-state index contributed by atoms with van der Waals surface area (Å²) >= 11 is 0. The third kappa shape index (κ3) is 8.84. The van der Waals surface area contributed by atoms with E-state index >= 15 is 0 Å². The van der Waals surface area contributed by atoms with E-state index in [0.717, 1.165) is 19.5 Å². The molecule has 2 N–H and O–H groups in total. The van der Waals surface area contributed by atoms with Crippen LogP contribution >= 0.6 is 24.0 Å². The number of nitrogens with one attached hydrogen (secondary N) is 2. The zero-order chi connectivity index (χ0) is 19.2. The molecule has 0 spiro atoms. The maximum absolute atomic E-state index is 12.4. The Labute approximate surface area is 176 Å². The van der Waals surface area contributed by atoms with E-state index in [2.05, 4.69) is 22.5 Å². The van der Waals surface area contributed by atoms with Gasteiger partial charge in [-0.3, -0.25) is 14.7 Å². The number of nitrogens with zero attached hydrogens (tertiary/aromatic N) is 3. The fourth-order valence-electron chi connectivity index (χ4n) is 3.60. The van der Waals surface area contributed by atoms with Crippen LogP contribution in [-0.4, -0.2) is 80.2 Å². The van der Waals surface area contributed by atoms with Gasteiger partial charge in [0.2, 0.25) is 5.91 Å². The number of carbonyl (C=O) groups excluding carboxylic acids is 1. The number of aliphatic imine (C=N–C) groups is 1. The normalized spacial score (nSPS) is 24.5. The van der Waals surface area contributed by atoms with Crippen molar-refractivity contribution < 1.29 is 18.0 Å². The van der Waals surface area contributed by atoms with Gasteiger partial charge in [-0.1, -0.05) is 6.92 Å². The number of halogens is 4. The van der Waals surface area contributed by atoms with Gasteiger partial charge in [-0.25, -0.2) is 0 Å². The van der Waals surface area contributed by atoms with E-state index in [1.54, 1.807) is 7.05 Å². The first-order chi connectivity index (χ1) is 12.3. The van der Waals surface area contributed by atoms with Gasteiger partial charge in [-0.15, -0.1) is 24.0 Å². The van der Waals surface area contributed by atoms with Gasteiger partial charge in [0.05, 0.1) is 6.54 Å². The third-order valence-electron chi connectivity index (χ3n) is 4.88. The molecule has 0 aromatic carbocycles. The Bertz CT molecular complexity index is 503. The first-order valence-corrected chi connectivity index (χ1v) is 9.31. The Balaban J connectivity index is 0.00000364. The molecule has 2 aliphatic rings. The number of rotatable bonds is 5. The molecule has 0 aromatic heterocycles. The number of alkyl halides is 3. The number of amides is 1. The molecule has 2 rings (SSSR count). The number of hydrogen-bond donors (Lipinski definition) is 2. The van der Waals surface area contributed by atoms with E-state index in [-0.39, 0.29) is 35.9 Å². The lowest BCUT2D eigenvalue weighted by atomic mass is 10.00. The second-order valence-electron chi connectivity index (χ2n) is 7.32. The Morgan fingerprint density at radius 2 is 1.96 bits per heavy atom. The van der Waals surface area contributed by atoms with Gasteiger partial charge in [0.15, 0.2) is 5.96 Å². The molecule has 1 amide bonds. The molecule has 2 unspecified atom stereocenters. The van der Waals surface area contributed by atoms with Crippen LogP contribution in [0.5, 0.6) is 0 Å². The molecule has 2 aliphatic heterocycles. The second-order valence-corrected chi connectivity index (χ2v) is 7.32. The lowest BCUT2D eigenvalue weighted by molar-refractivity contribution is -0.143. The molecule has 0 aliphatic carbocycles. The van der Waals surface area contributed by atoms with Crippen LogP contribution in [0.4, 0.5) is 13.2 Å². The minimum absolute atomic E-state index is 0. The van der Waals surface area contributed by atoms with Crippen molar-refractivity contribution in [2.45, 2.75) is 44.8 Å². The molecule has 0 saturated carbocycles. The van der Waals surface area contributed by atoms with Crippen molar-refractivity contribution in [1.29, 1.82) is 0 Å². The van der Waals surface area contributed by atoms with Crippen molar-refractivity contribution >= 4 is 35.8 Å². The molecule has 0 radical (unpaired) electrons. The Hall–Kier alpha value is -0.780. The first-order valence-electron chi connectivity index (χ1n) is 9.31. The van der Waals surface area contributed by atoms with Crippen molar-refractivity contribution in [1.82, 2.24) is 20.4 Å². The highest BCUT2D eigenvalue weighted by Crippen LogP contribution is 2.20. The molecule has 27 heavy (non-hydrogen) atoms. The monoisotopic (exact) mass is 505 g/mol. The van der Waals surface area contributed by atoms with E-state index in [1.807, 2.05) is 4.90 Å². The van der Waals surface area contributed by atoms with Gasteiger partial charge in [0, 0.05) is 52.2 Å². The largest absolute Gasteiger partial charge is 0.401 e. The van der Waals surface area contributed by atoms with Crippen molar-refractivity contribution in [3.05, 3.63) is 0 Å². The molecule has 2 heterocycles. The van der Waals surface area contributed by atoms with E-state index in [1.165, 1.54) is 11.3 Å².